The van der Waals surface area contributed by atoms with Crippen molar-refractivity contribution in [2.45, 2.75) is 83.0 Å². The number of nitrogens with zero attached hydrogens (tertiary/aromatic N) is 4. The lowest BCUT2D eigenvalue weighted by molar-refractivity contribution is -0.384. The van der Waals surface area contributed by atoms with E-state index in [4.69, 9.17) is 28.9 Å². The highest BCUT2D eigenvalue weighted by atomic mass is 16.7. The van der Waals surface area contributed by atoms with Crippen molar-refractivity contribution in [3.8, 4) is 17.2 Å². The third-order valence-corrected chi connectivity index (χ3v) is 11.5. The molecule has 2 aliphatic carbocycles. The standard InChI is InChI=1S/C43H58N4O10/c1-4-19-46(42(50)56-32-15-13-31(14-16-32)47(51)52)39-29-37(44-55-6-3)35-27-30(11-7-9-23-48)34(12-8-10-24-49)40-36-28-33(53-26-22-45-20-21-45)17-18-38(36)57-43(39,41(35)40)54-25-5-2/h5,13-18,27-28,30,34,39-41,48-49H,2,4,6-12,19-26,29H2,1,3H3/t30-,34+,39-,40+,41+,43+/m0/s1. The summed E-state index contributed by atoms with van der Waals surface area (Å²) in [7, 11) is 0. The zero-order valence-electron chi connectivity index (χ0n) is 33.3. The van der Waals surface area contributed by atoms with Crippen LogP contribution in [-0.2, 0) is 9.57 Å². The lowest BCUT2D eigenvalue weighted by atomic mass is 9.55. The van der Waals surface area contributed by atoms with E-state index in [1.165, 1.54) is 24.3 Å². The van der Waals surface area contributed by atoms with E-state index in [2.05, 4.69) is 23.6 Å². The van der Waals surface area contributed by atoms with Crippen LogP contribution in [0.5, 0.6) is 17.2 Å². The highest BCUT2D eigenvalue weighted by molar-refractivity contribution is 6.03. The molecule has 6 atom stereocenters. The second-order valence-electron chi connectivity index (χ2n) is 15.2. The molecule has 2 aromatic rings. The summed E-state index contributed by atoms with van der Waals surface area (Å²) in [5, 5.41) is 35.7. The molecule has 1 amide bonds. The van der Waals surface area contributed by atoms with Crippen LogP contribution in [0.3, 0.4) is 0 Å². The molecule has 6 rings (SSSR count). The van der Waals surface area contributed by atoms with E-state index in [1.807, 2.05) is 26.0 Å². The molecule has 0 spiro atoms. The second-order valence-corrected chi connectivity index (χ2v) is 15.2. The molecular formula is C43H58N4O10. The number of nitro benzene ring substituents is 1. The number of hydrogen-bond acceptors (Lipinski definition) is 12. The molecule has 57 heavy (non-hydrogen) atoms. The Morgan fingerprint density at radius 1 is 1.09 bits per heavy atom. The van der Waals surface area contributed by atoms with Gasteiger partial charge in [-0.05, 0) is 86.8 Å². The molecule has 2 aliphatic heterocycles. The van der Waals surface area contributed by atoms with Crippen LogP contribution in [0.15, 0.2) is 71.9 Å². The lowest BCUT2D eigenvalue weighted by Crippen LogP contribution is -2.70. The Morgan fingerprint density at radius 2 is 1.82 bits per heavy atom. The highest BCUT2D eigenvalue weighted by Gasteiger charge is 2.65. The van der Waals surface area contributed by atoms with Crippen molar-refractivity contribution in [3.63, 3.8) is 0 Å². The topological polar surface area (TPSA) is 165 Å². The molecule has 0 aromatic heterocycles. The fraction of sp³-hybridized carbons (Fsp3) is 0.581. The van der Waals surface area contributed by atoms with E-state index in [0.29, 0.717) is 43.9 Å². The Hall–Kier alpha value is -4.50. The molecule has 310 valence electrons. The number of aliphatic hydroxyl groups excluding tert-OH is 2. The van der Waals surface area contributed by atoms with Gasteiger partial charge in [0.1, 0.15) is 36.5 Å². The largest absolute Gasteiger partial charge is 0.492 e. The van der Waals surface area contributed by atoms with Gasteiger partial charge in [-0.3, -0.25) is 19.9 Å². The number of carbonyl (C=O) groups is 1. The van der Waals surface area contributed by atoms with Gasteiger partial charge in [-0.25, -0.2) is 4.79 Å². The monoisotopic (exact) mass is 790 g/mol. The van der Waals surface area contributed by atoms with Crippen LogP contribution < -0.4 is 14.2 Å². The molecule has 2 heterocycles. The molecule has 0 radical (unpaired) electrons. The van der Waals surface area contributed by atoms with E-state index in [9.17, 15) is 25.1 Å². The molecule has 1 saturated heterocycles. The van der Waals surface area contributed by atoms with Gasteiger partial charge in [0.15, 0.2) is 0 Å². The Morgan fingerprint density at radius 3 is 2.49 bits per heavy atom. The Labute approximate surface area is 335 Å². The summed E-state index contributed by atoms with van der Waals surface area (Å²) in [4.78, 5) is 35.0. The Balaban J connectivity index is 1.51. The molecular weight excluding hydrogens is 732 g/mol. The first-order valence-corrected chi connectivity index (χ1v) is 20.6. The predicted molar refractivity (Wildman–Crippen MR) is 215 cm³/mol. The van der Waals surface area contributed by atoms with Gasteiger partial charge >= 0.3 is 6.09 Å². The number of oxime groups is 1. The van der Waals surface area contributed by atoms with Crippen molar-refractivity contribution in [2.75, 3.05) is 59.2 Å². The van der Waals surface area contributed by atoms with Gasteiger partial charge in [-0.1, -0.05) is 37.1 Å². The van der Waals surface area contributed by atoms with Crippen molar-refractivity contribution in [1.82, 2.24) is 9.80 Å². The molecule has 1 saturated carbocycles. The summed E-state index contributed by atoms with van der Waals surface area (Å²) in [5.41, 5.74) is 2.51. The third kappa shape index (κ3) is 9.63. The number of non-ortho nitro benzene ring substituents is 1. The highest BCUT2D eigenvalue weighted by Crippen LogP contribution is 2.62. The SMILES string of the molecule is C=CCO[C@@]12Oc3ccc(OCCN4CC4)cc3[C@H]3[C@H](CCCCO)[C@@H](CCCCO)C=C(C(=NOCC)C[C@@H]1N(CCC)C(=O)Oc1ccc([N+](=O)[O-])cc1)[C@H]32. The van der Waals surface area contributed by atoms with Crippen molar-refractivity contribution < 1.29 is 43.7 Å². The number of fused-ring (bicyclic) bond motifs is 2. The first kappa shape index (κ1) is 42.1. The number of rotatable bonds is 22. The predicted octanol–water partition coefficient (Wildman–Crippen LogP) is 6.85. The molecule has 2 N–H and O–H groups in total. The number of unbranched alkanes of at least 4 members (excludes halogenated alkanes) is 2. The van der Waals surface area contributed by atoms with Crippen molar-refractivity contribution in [1.29, 1.82) is 0 Å². The minimum atomic E-state index is -1.43. The molecule has 0 unspecified atom stereocenters. The Bertz CT molecular complexity index is 1750. The van der Waals surface area contributed by atoms with Crippen LogP contribution in [-0.4, -0.2) is 108 Å². The molecule has 14 nitrogen and oxygen atoms in total. The van der Waals surface area contributed by atoms with E-state index in [-0.39, 0.29) is 62.0 Å². The van der Waals surface area contributed by atoms with Gasteiger partial charge in [0, 0.05) is 69.4 Å². The number of allylic oxidation sites excluding steroid dienone is 1. The maximum atomic E-state index is 14.4. The zero-order valence-corrected chi connectivity index (χ0v) is 33.3. The van der Waals surface area contributed by atoms with Crippen LogP contribution in [0.4, 0.5) is 10.5 Å². The summed E-state index contributed by atoms with van der Waals surface area (Å²) < 4.78 is 26.5. The minimum absolute atomic E-state index is 0.0740. The molecule has 4 aliphatic rings. The summed E-state index contributed by atoms with van der Waals surface area (Å²) in [6.07, 6.45) is 8.79. The number of nitro groups is 1. The van der Waals surface area contributed by atoms with E-state index in [0.717, 1.165) is 62.2 Å². The van der Waals surface area contributed by atoms with Crippen molar-refractivity contribution >= 4 is 17.5 Å². The fourth-order valence-corrected chi connectivity index (χ4v) is 8.88. The van der Waals surface area contributed by atoms with Gasteiger partial charge in [0.25, 0.3) is 5.69 Å². The van der Waals surface area contributed by atoms with E-state index < -0.39 is 28.8 Å². The number of benzene rings is 2. The second kappa shape index (κ2) is 19.8. The molecule has 14 heteroatoms. The summed E-state index contributed by atoms with van der Waals surface area (Å²) in [6, 6.07) is 10.6. The van der Waals surface area contributed by atoms with Gasteiger partial charge in [-0.2, -0.15) is 0 Å². The van der Waals surface area contributed by atoms with Gasteiger partial charge in [0.05, 0.1) is 23.2 Å². The van der Waals surface area contributed by atoms with E-state index >= 15 is 0 Å². The Kier molecular flexibility index (Phi) is 14.6. The molecule has 2 aromatic carbocycles. The first-order chi connectivity index (χ1) is 27.8. The molecule has 2 fully saturated rings. The average molecular weight is 791 g/mol. The zero-order chi connectivity index (χ0) is 40.4. The normalized spacial score (nSPS) is 25.4. The quantitative estimate of drug-likeness (QED) is 0.0421. The fourth-order valence-electron chi connectivity index (χ4n) is 8.88. The van der Waals surface area contributed by atoms with Gasteiger partial charge in [0.2, 0.25) is 5.79 Å². The van der Waals surface area contributed by atoms with Crippen LogP contribution in [0.2, 0.25) is 0 Å². The maximum Gasteiger partial charge on any atom is 0.415 e. The average Bonchev–Trinajstić information content (AvgIpc) is 4.04. The number of ether oxygens (including phenoxy) is 4. The third-order valence-electron chi connectivity index (χ3n) is 11.5. The smallest absolute Gasteiger partial charge is 0.415 e. The summed E-state index contributed by atoms with van der Waals surface area (Å²) in [6.45, 7) is 12.4. The van der Waals surface area contributed by atoms with Crippen LogP contribution in [0, 0.1) is 27.9 Å². The summed E-state index contributed by atoms with van der Waals surface area (Å²) >= 11 is 0. The van der Waals surface area contributed by atoms with Crippen molar-refractivity contribution in [3.05, 3.63) is 82.4 Å². The number of hydrogen-bond donors (Lipinski definition) is 2. The summed E-state index contributed by atoms with van der Waals surface area (Å²) in [5.74, 6) is -0.356. The number of aliphatic hydroxyl groups is 2. The number of amides is 1. The van der Waals surface area contributed by atoms with Crippen LogP contribution in [0.25, 0.3) is 0 Å². The van der Waals surface area contributed by atoms with Crippen LogP contribution in [0.1, 0.15) is 76.7 Å². The number of carbonyl (C=O) groups excluding carboxylic acids is 1. The van der Waals surface area contributed by atoms with E-state index in [1.54, 1.807) is 11.0 Å². The van der Waals surface area contributed by atoms with Gasteiger partial charge in [-0.15, -0.1) is 6.58 Å². The van der Waals surface area contributed by atoms with Crippen LogP contribution >= 0.6 is 0 Å². The minimum Gasteiger partial charge on any atom is -0.492 e. The lowest BCUT2D eigenvalue weighted by Gasteiger charge is -2.59. The van der Waals surface area contributed by atoms with Crippen molar-refractivity contribution in [2.24, 2.45) is 22.9 Å². The maximum absolute atomic E-state index is 14.4. The first-order valence-electron chi connectivity index (χ1n) is 20.6. The van der Waals surface area contributed by atoms with Gasteiger partial charge < -0.3 is 34.0 Å². The molecule has 0 bridgehead atoms.